The number of halogens is 2. The summed E-state index contributed by atoms with van der Waals surface area (Å²) in [7, 11) is 0. The van der Waals surface area contributed by atoms with E-state index in [0.717, 1.165) is 17.9 Å². The van der Waals surface area contributed by atoms with E-state index in [0.29, 0.717) is 13.0 Å². The van der Waals surface area contributed by atoms with Crippen molar-refractivity contribution in [3.8, 4) is 0 Å². The first-order valence-corrected chi connectivity index (χ1v) is 2.90. The third kappa shape index (κ3) is 2.47. The topological polar surface area (TPSA) is 23.5 Å². The lowest BCUT2D eigenvalue weighted by Gasteiger charge is -2.23. The summed E-state index contributed by atoms with van der Waals surface area (Å²) in [5.74, 6) is 0. The lowest BCUT2D eigenvalue weighted by atomic mass is 10.1. The van der Waals surface area contributed by atoms with Crippen LogP contribution in [0.3, 0.4) is 0 Å². The standard InChI is InChI=1S/C5H10FNO.ClH/c6-5-3-1-2-4-7(5)8;/h5,8H,1-4H2;1H. The first-order chi connectivity index (χ1) is 3.80. The summed E-state index contributed by atoms with van der Waals surface area (Å²) in [4.78, 5) is 0. The van der Waals surface area contributed by atoms with Gasteiger partial charge in [-0.05, 0) is 19.3 Å². The molecule has 1 aliphatic heterocycles. The minimum atomic E-state index is -1.11. The molecule has 0 aliphatic carbocycles. The van der Waals surface area contributed by atoms with Gasteiger partial charge in [0, 0.05) is 6.54 Å². The SMILES string of the molecule is Cl.ON1CCCCC1F. The molecule has 0 radical (unpaired) electrons. The highest BCUT2D eigenvalue weighted by Crippen LogP contribution is 2.14. The predicted molar refractivity (Wildman–Crippen MR) is 34.5 cm³/mol. The maximum Gasteiger partial charge on any atom is 0.175 e. The van der Waals surface area contributed by atoms with E-state index in [1.165, 1.54) is 0 Å². The highest BCUT2D eigenvalue weighted by molar-refractivity contribution is 5.85. The molecule has 1 fully saturated rings. The summed E-state index contributed by atoms with van der Waals surface area (Å²) in [6.07, 6.45) is 1.19. The van der Waals surface area contributed by atoms with E-state index in [1.807, 2.05) is 0 Å². The molecular formula is C5H11ClFNO. The molecule has 1 N–H and O–H groups in total. The van der Waals surface area contributed by atoms with Crippen molar-refractivity contribution in [1.82, 2.24) is 5.06 Å². The van der Waals surface area contributed by atoms with Crippen LogP contribution in [0.25, 0.3) is 0 Å². The highest BCUT2D eigenvalue weighted by Gasteiger charge is 2.18. The van der Waals surface area contributed by atoms with E-state index in [1.54, 1.807) is 0 Å². The quantitative estimate of drug-likeness (QED) is 0.537. The van der Waals surface area contributed by atoms with Crippen LogP contribution >= 0.6 is 12.4 Å². The smallest absolute Gasteiger partial charge is 0.175 e. The number of hydrogen-bond donors (Lipinski definition) is 1. The zero-order valence-corrected chi connectivity index (χ0v) is 5.90. The van der Waals surface area contributed by atoms with E-state index < -0.39 is 6.30 Å². The van der Waals surface area contributed by atoms with Gasteiger partial charge in [0.05, 0.1) is 0 Å². The number of nitrogens with zero attached hydrogens (tertiary/aromatic N) is 1. The molecule has 1 aliphatic rings. The van der Waals surface area contributed by atoms with Gasteiger partial charge < -0.3 is 5.21 Å². The Morgan fingerprint density at radius 3 is 2.44 bits per heavy atom. The molecule has 0 amide bonds. The Hall–Kier alpha value is 0.140. The minimum Gasteiger partial charge on any atom is -0.311 e. The Morgan fingerprint density at radius 1 is 1.44 bits per heavy atom. The van der Waals surface area contributed by atoms with Gasteiger partial charge in [-0.15, -0.1) is 12.4 Å². The van der Waals surface area contributed by atoms with E-state index in [2.05, 4.69) is 0 Å². The predicted octanol–water partition coefficient (Wildman–Crippen LogP) is 1.58. The Bertz CT molecular complexity index is 73.4. The van der Waals surface area contributed by atoms with Crippen LogP contribution < -0.4 is 0 Å². The number of hydrogen-bond acceptors (Lipinski definition) is 2. The molecule has 1 rings (SSSR count). The zero-order valence-electron chi connectivity index (χ0n) is 5.09. The van der Waals surface area contributed by atoms with Crippen LogP contribution in [-0.2, 0) is 0 Å². The molecule has 0 spiro atoms. The van der Waals surface area contributed by atoms with Crippen LogP contribution in [0.1, 0.15) is 19.3 Å². The Balaban J connectivity index is 0.000000640. The van der Waals surface area contributed by atoms with Crippen LogP contribution in [-0.4, -0.2) is 23.1 Å². The second kappa shape index (κ2) is 4.04. The van der Waals surface area contributed by atoms with Crippen molar-refractivity contribution in [2.75, 3.05) is 6.54 Å². The maximum absolute atomic E-state index is 12.3. The first kappa shape index (κ1) is 9.14. The molecule has 1 heterocycles. The Morgan fingerprint density at radius 2 is 2.11 bits per heavy atom. The molecular weight excluding hydrogens is 145 g/mol. The molecule has 4 heteroatoms. The number of alkyl halides is 1. The van der Waals surface area contributed by atoms with Crippen molar-refractivity contribution in [3.05, 3.63) is 0 Å². The molecule has 56 valence electrons. The molecule has 9 heavy (non-hydrogen) atoms. The summed E-state index contributed by atoms with van der Waals surface area (Å²) in [5.41, 5.74) is 0. The van der Waals surface area contributed by atoms with Crippen molar-refractivity contribution in [2.24, 2.45) is 0 Å². The van der Waals surface area contributed by atoms with Crippen molar-refractivity contribution < 1.29 is 9.60 Å². The Labute approximate surface area is 60.0 Å². The summed E-state index contributed by atoms with van der Waals surface area (Å²) < 4.78 is 12.3. The lowest BCUT2D eigenvalue weighted by Crippen LogP contribution is -2.33. The molecule has 1 saturated heterocycles. The van der Waals surface area contributed by atoms with Crippen LogP contribution in [0.4, 0.5) is 4.39 Å². The van der Waals surface area contributed by atoms with Gasteiger partial charge in [-0.3, -0.25) is 0 Å². The summed E-state index contributed by atoms with van der Waals surface area (Å²) in [6, 6.07) is 0. The maximum atomic E-state index is 12.3. The van der Waals surface area contributed by atoms with Gasteiger partial charge in [0.25, 0.3) is 0 Å². The molecule has 0 aromatic rings. The van der Waals surface area contributed by atoms with E-state index in [-0.39, 0.29) is 12.4 Å². The zero-order chi connectivity index (χ0) is 5.98. The fraction of sp³-hybridized carbons (Fsp3) is 1.00. The summed E-state index contributed by atoms with van der Waals surface area (Å²) in [5, 5.41) is 9.40. The van der Waals surface area contributed by atoms with Gasteiger partial charge in [-0.1, -0.05) is 0 Å². The average molecular weight is 156 g/mol. The number of piperidine rings is 1. The van der Waals surface area contributed by atoms with Crippen molar-refractivity contribution in [3.63, 3.8) is 0 Å². The molecule has 1 unspecified atom stereocenters. The number of rotatable bonds is 0. The highest BCUT2D eigenvalue weighted by atomic mass is 35.5. The monoisotopic (exact) mass is 155 g/mol. The molecule has 0 saturated carbocycles. The molecule has 0 aromatic heterocycles. The fourth-order valence-electron chi connectivity index (χ4n) is 0.876. The summed E-state index contributed by atoms with van der Waals surface area (Å²) in [6.45, 7) is 0.487. The molecule has 1 atom stereocenters. The second-order valence-electron chi connectivity index (χ2n) is 2.09. The fourth-order valence-corrected chi connectivity index (χ4v) is 0.876. The lowest BCUT2D eigenvalue weighted by molar-refractivity contribution is -0.181. The van der Waals surface area contributed by atoms with Gasteiger partial charge in [0.2, 0.25) is 0 Å². The van der Waals surface area contributed by atoms with Gasteiger partial charge in [0.15, 0.2) is 6.30 Å². The third-order valence-electron chi connectivity index (χ3n) is 1.40. The van der Waals surface area contributed by atoms with Crippen molar-refractivity contribution >= 4 is 12.4 Å². The van der Waals surface area contributed by atoms with E-state index >= 15 is 0 Å². The van der Waals surface area contributed by atoms with Crippen molar-refractivity contribution in [2.45, 2.75) is 25.6 Å². The van der Waals surface area contributed by atoms with Crippen molar-refractivity contribution in [1.29, 1.82) is 0 Å². The van der Waals surface area contributed by atoms with Gasteiger partial charge in [-0.2, -0.15) is 5.06 Å². The molecule has 0 bridgehead atoms. The van der Waals surface area contributed by atoms with Gasteiger partial charge in [-0.25, -0.2) is 4.39 Å². The Kier molecular flexibility index (Phi) is 4.10. The minimum absolute atomic E-state index is 0. The summed E-state index contributed by atoms with van der Waals surface area (Å²) >= 11 is 0. The van der Waals surface area contributed by atoms with E-state index in [9.17, 15) is 4.39 Å². The number of hydroxylamine groups is 2. The van der Waals surface area contributed by atoms with Gasteiger partial charge >= 0.3 is 0 Å². The van der Waals surface area contributed by atoms with Crippen LogP contribution in [0.5, 0.6) is 0 Å². The van der Waals surface area contributed by atoms with Crippen LogP contribution in [0.15, 0.2) is 0 Å². The normalized spacial score (nSPS) is 29.3. The second-order valence-corrected chi connectivity index (χ2v) is 2.09. The average Bonchev–Trinajstić information content (AvgIpc) is 1.77. The van der Waals surface area contributed by atoms with Gasteiger partial charge in [0.1, 0.15) is 0 Å². The first-order valence-electron chi connectivity index (χ1n) is 2.90. The third-order valence-corrected chi connectivity index (χ3v) is 1.40. The van der Waals surface area contributed by atoms with E-state index in [4.69, 9.17) is 5.21 Å². The van der Waals surface area contributed by atoms with Crippen LogP contribution in [0, 0.1) is 0 Å². The van der Waals surface area contributed by atoms with Crippen LogP contribution in [0.2, 0.25) is 0 Å². The largest absolute Gasteiger partial charge is 0.311 e. The molecule has 2 nitrogen and oxygen atoms in total. The molecule has 0 aromatic carbocycles.